The van der Waals surface area contributed by atoms with Gasteiger partial charge in [-0.1, -0.05) is 80.6 Å². The van der Waals surface area contributed by atoms with E-state index in [2.05, 4.69) is 59.5 Å². The molecule has 1 atom stereocenters. The van der Waals surface area contributed by atoms with Crippen molar-refractivity contribution in [3.63, 3.8) is 0 Å². The summed E-state index contributed by atoms with van der Waals surface area (Å²) in [5, 5.41) is 12.8. The van der Waals surface area contributed by atoms with E-state index >= 15 is 0 Å². The van der Waals surface area contributed by atoms with Crippen LogP contribution in [0.25, 0.3) is 33.5 Å². The lowest BCUT2D eigenvalue weighted by Gasteiger charge is -2.10. The molecule has 0 aliphatic rings. The van der Waals surface area contributed by atoms with Crippen molar-refractivity contribution in [2.75, 3.05) is 7.11 Å². The van der Waals surface area contributed by atoms with Crippen LogP contribution in [-0.4, -0.2) is 34.5 Å². The lowest BCUT2D eigenvalue weighted by Crippen LogP contribution is -2.15. The third-order valence-corrected chi connectivity index (χ3v) is 6.00. The number of aliphatic hydroxyl groups excluding tert-OH is 1. The summed E-state index contributed by atoms with van der Waals surface area (Å²) >= 11 is 0. The van der Waals surface area contributed by atoms with Crippen LogP contribution in [0.2, 0.25) is 0 Å². The molecule has 4 rings (SSSR count). The summed E-state index contributed by atoms with van der Waals surface area (Å²) in [7, 11) is 1.24. The summed E-state index contributed by atoms with van der Waals surface area (Å²) in [6, 6.07) is 20.7. The van der Waals surface area contributed by atoms with Gasteiger partial charge in [-0.2, -0.15) is 0 Å². The number of carbonyl (C=O) groups excluding carboxylic acids is 2. The third kappa shape index (κ3) is 4.66. The van der Waals surface area contributed by atoms with E-state index < -0.39 is 12.1 Å². The molecule has 1 N–H and O–H groups in total. The van der Waals surface area contributed by atoms with Crippen LogP contribution >= 0.6 is 0 Å². The molecule has 0 saturated carbocycles. The van der Waals surface area contributed by atoms with Gasteiger partial charge in [-0.15, -0.1) is 0 Å². The lowest BCUT2D eigenvalue weighted by molar-refractivity contribution is -0.143. The number of hydrogen-bond acceptors (Lipinski definition) is 4. The van der Waals surface area contributed by atoms with Gasteiger partial charge in [0.1, 0.15) is 12.2 Å². The smallest absolute Gasteiger partial charge is 0.313 e. The van der Waals surface area contributed by atoms with Crippen LogP contribution in [0, 0.1) is 0 Å². The summed E-state index contributed by atoms with van der Waals surface area (Å²) < 4.78 is 6.79. The van der Waals surface area contributed by atoms with Crippen LogP contribution in [0.15, 0.2) is 72.9 Å². The van der Waals surface area contributed by atoms with E-state index in [1.165, 1.54) is 7.11 Å². The highest BCUT2D eigenvalue weighted by Gasteiger charge is 2.22. The number of Topliss-reactive ketones (excluding diaryl/α,β-unsaturated/α-hetero) is 1. The molecule has 0 bridgehead atoms. The number of nitrogens with zero attached hydrogens (tertiary/aromatic N) is 1. The van der Waals surface area contributed by atoms with Crippen molar-refractivity contribution in [1.29, 1.82) is 0 Å². The number of carbonyl (C=O) groups is 2. The predicted molar refractivity (Wildman–Crippen MR) is 136 cm³/mol. The van der Waals surface area contributed by atoms with Gasteiger partial charge in [-0.05, 0) is 22.9 Å². The molecule has 0 radical (unpaired) electrons. The molecule has 2 aromatic carbocycles. The van der Waals surface area contributed by atoms with Gasteiger partial charge in [0.15, 0.2) is 0 Å². The zero-order valence-electron chi connectivity index (χ0n) is 19.7. The van der Waals surface area contributed by atoms with Crippen molar-refractivity contribution in [1.82, 2.24) is 4.40 Å². The van der Waals surface area contributed by atoms with Crippen LogP contribution < -0.4 is 0 Å². The number of pyridine rings is 1. The third-order valence-electron chi connectivity index (χ3n) is 6.00. The molecular formula is C29H29NO4. The Morgan fingerprint density at radius 3 is 2.44 bits per heavy atom. The molecule has 0 aliphatic heterocycles. The second-order valence-corrected chi connectivity index (χ2v) is 8.74. The maximum absolute atomic E-state index is 12.1. The van der Waals surface area contributed by atoms with E-state index in [1.807, 2.05) is 36.4 Å². The number of methoxy groups -OCH3 is 1. The number of benzene rings is 2. The molecule has 1 unspecified atom stereocenters. The van der Waals surface area contributed by atoms with Crippen molar-refractivity contribution in [3.8, 4) is 11.1 Å². The fourth-order valence-electron chi connectivity index (χ4n) is 4.53. The lowest BCUT2D eigenvalue weighted by atomic mass is 9.95. The van der Waals surface area contributed by atoms with Crippen molar-refractivity contribution in [2.45, 2.75) is 38.7 Å². The first-order chi connectivity index (χ1) is 16.4. The van der Waals surface area contributed by atoms with Crippen molar-refractivity contribution < 1.29 is 19.4 Å². The van der Waals surface area contributed by atoms with Gasteiger partial charge in [-0.3, -0.25) is 9.59 Å². The topological polar surface area (TPSA) is 68.0 Å². The first-order valence-electron chi connectivity index (χ1n) is 11.5. The van der Waals surface area contributed by atoms with Crippen molar-refractivity contribution >= 4 is 34.1 Å². The van der Waals surface area contributed by atoms with Crippen LogP contribution in [0.1, 0.15) is 43.9 Å². The zero-order chi connectivity index (χ0) is 24.2. The van der Waals surface area contributed by atoms with E-state index in [4.69, 9.17) is 0 Å². The minimum absolute atomic E-state index is 0.139. The predicted octanol–water partition coefficient (Wildman–Crippen LogP) is 5.78. The first kappa shape index (κ1) is 23.5. The SMILES string of the molecule is COC(=O)CC(=O)CC(O)C=Cc1c(-c2ccccc2)c2c3ccccc3ccn2c1C(C)C. The fourth-order valence-corrected chi connectivity index (χ4v) is 4.53. The number of rotatable bonds is 8. The Morgan fingerprint density at radius 1 is 1.03 bits per heavy atom. The quantitative estimate of drug-likeness (QED) is 0.270. The average Bonchev–Trinajstić information content (AvgIpc) is 3.18. The summed E-state index contributed by atoms with van der Waals surface area (Å²) in [4.78, 5) is 23.5. The molecule has 0 saturated heterocycles. The Kier molecular flexibility index (Phi) is 6.94. The number of aromatic nitrogens is 1. The maximum atomic E-state index is 12.1. The van der Waals surface area contributed by atoms with Crippen molar-refractivity contribution in [3.05, 3.63) is 84.2 Å². The Labute approximate surface area is 199 Å². The largest absolute Gasteiger partial charge is 0.469 e. The molecule has 0 spiro atoms. The summed E-state index contributed by atoms with van der Waals surface area (Å²) in [6.07, 6.45) is 4.18. The monoisotopic (exact) mass is 455 g/mol. The van der Waals surface area contributed by atoms with Gasteiger partial charge in [0.25, 0.3) is 0 Å². The Bertz CT molecular complexity index is 1370. The highest BCUT2D eigenvalue weighted by Crippen LogP contribution is 2.40. The number of ketones is 1. The molecule has 2 heterocycles. The summed E-state index contributed by atoms with van der Waals surface area (Å²) in [6.45, 7) is 4.30. The number of aliphatic hydroxyl groups is 1. The van der Waals surface area contributed by atoms with E-state index in [0.717, 1.165) is 38.7 Å². The van der Waals surface area contributed by atoms with Gasteiger partial charge in [0, 0.05) is 34.8 Å². The first-order valence-corrected chi connectivity index (χ1v) is 11.5. The molecule has 34 heavy (non-hydrogen) atoms. The molecule has 5 heteroatoms. The number of esters is 1. The highest BCUT2D eigenvalue weighted by molar-refractivity contribution is 6.06. The fraction of sp³-hybridized carbons (Fsp3) is 0.241. The molecular weight excluding hydrogens is 426 g/mol. The van der Waals surface area contributed by atoms with Gasteiger partial charge in [-0.25, -0.2) is 0 Å². The standard InChI is InChI=1S/C29H29NO4/c1-19(2)28-25(14-13-22(31)17-23(32)18-26(33)34-3)27(21-10-5-4-6-11-21)29-24-12-8-7-9-20(24)15-16-30(28)29/h4-16,19,22,31H,17-18H2,1-3H3. The van der Waals surface area contributed by atoms with Crippen LogP contribution in [0.4, 0.5) is 0 Å². The van der Waals surface area contributed by atoms with E-state index in [0.29, 0.717) is 0 Å². The van der Waals surface area contributed by atoms with Gasteiger partial charge < -0.3 is 14.2 Å². The maximum Gasteiger partial charge on any atom is 0.313 e. The Hall–Kier alpha value is -3.70. The number of fused-ring (bicyclic) bond motifs is 3. The normalized spacial score (nSPS) is 12.6. The second-order valence-electron chi connectivity index (χ2n) is 8.74. The van der Waals surface area contributed by atoms with Crippen LogP contribution in [0.3, 0.4) is 0 Å². The van der Waals surface area contributed by atoms with Crippen molar-refractivity contribution in [2.24, 2.45) is 0 Å². The van der Waals surface area contributed by atoms with Gasteiger partial charge in [0.2, 0.25) is 0 Å². The molecule has 174 valence electrons. The molecule has 0 amide bonds. The highest BCUT2D eigenvalue weighted by atomic mass is 16.5. The molecule has 0 fully saturated rings. The second kappa shape index (κ2) is 10.1. The van der Waals surface area contributed by atoms with Gasteiger partial charge in [0.05, 0.1) is 18.7 Å². The zero-order valence-corrected chi connectivity index (χ0v) is 19.7. The van der Waals surface area contributed by atoms with E-state index in [-0.39, 0.29) is 24.5 Å². The number of ether oxygens (including phenoxy) is 1. The molecule has 2 aromatic heterocycles. The summed E-state index contributed by atoms with van der Waals surface area (Å²) in [5.74, 6) is -0.742. The van der Waals surface area contributed by atoms with Gasteiger partial charge >= 0.3 is 5.97 Å². The average molecular weight is 456 g/mol. The summed E-state index contributed by atoms with van der Waals surface area (Å²) in [5.41, 5.74) is 5.43. The minimum Gasteiger partial charge on any atom is -0.469 e. The van der Waals surface area contributed by atoms with E-state index in [9.17, 15) is 14.7 Å². The Morgan fingerprint density at radius 2 is 1.74 bits per heavy atom. The van der Waals surface area contributed by atoms with Crippen LogP contribution in [-0.2, 0) is 14.3 Å². The molecule has 0 aliphatic carbocycles. The van der Waals surface area contributed by atoms with E-state index in [1.54, 1.807) is 6.08 Å². The number of hydrogen-bond donors (Lipinski definition) is 1. The minimum atomic E-state index is -0.999. The Balaban J connectivity index is 1.88. The molecule has 4 aromatic rings. The van der Waals surface area contributed by atoms with Crippen LogP contribution in [0.5, 0.6) is 0 Å². The molecule has 5 nitrogen and oxygen atoms in total.